The third kappa shape index (κ3) is 2.71. The van der Waals surface area contributed by atoms with E-state index < -0.39 is 0 Å². The summed E-state index contributed by atoms with van der Waals surface area (Å²) >= 11 is 0. The maximum absolute atomic E-state index is 5.43. The first-order valence-corrected chi connectivity index (χ1v) is 5.89. The highest BCUT2D eigenvalue weighted by molar-refractivity contribution is 4.94. The van der Waals surface area contributed by atoms with Crippen molar-refractivity contribution in [3.05, 3.63) is 0 Å². The van der Waals surface area contributed by atoms with Crippen LogP contribution >= 0.6 is 0 Å². The Kier molecular flexibility index (Phi) is 2.85. The van der Waals surface area contributed by atoms with E-state index in [1.54, 1.807) is 0 Å². The van der Waals surface area contributed by atoms with Crippen molar-refractivity contribution in [1.29, 1.82) is 0 Å². The van der Waals surface area contributed by atoms with Crippen molar-refractivity contribution < 1.29 is 4.74 Å². The van der Waals surface area contributed by atoms with Crippen molar-refractivity contribution in [2.24, 2.45) is 17.8 Å². The van der Waals surface area contributed by atoms with Gasteiger partial charge < -0.3 is 10.1 Å². The average Bonchev–Trinajstić information content (AvgIpc) is 2.65. The molecular formula is C12H23NO. The smallest absolute Gasteiger partial charge is 0.0497 e. The summed E-state index contributed by atoms with van der Waals surface area (Å²) in [5.74, 6) is 2.77. The van der Waals surface area contributed by atoms with Gasteiger partial charge in [0.2, 0.25) is 0 Å². The molecule has 1 aliphatic carbocycles. The molecule has 1 saturated carbocycles. The van der Waals surface area contributed by atoms with Crippen LogP contribution in [0.2, 0.25) is 0 Å². The van der Waals surface area contributed by atoms with E-state index in [1.165, 1.54) is 19.4 Å². The Morgan fingerprint density at radius 2 is 2.14 bits per heavy atom. The Hall–Kier alpha value is -0.0800. The van der Waals surface area contributed by atoms with Crippen LogP contribution in [-0.2, 0) is 4.74 Å². The van der Waals surface area contributed by atoms with Gasteiger partial charge in [-0.3, -0.25) is 0 Å². The van der Waals surface area contributed by atoms with E-state index >= 15 is 0 Å². The van der Waals surface area contributed by atoms with E-state index in [-0.39, 0.29) is 5.54 Å². The van der Waals surface area contributed by atoms with E-state index in [2.05, 4.69) is 26.1 Å². The molecule has 1 heterocycles. The molecule has 0 radical (unpaired) electrons. The number of hydrogen-bond acceptors (Lipinski definition) is 2. The van der Waals surface area contributed by atoms with E-state index in [0.717, 1.165) is 31.0 Å². The zero-order valence-corrected chi connectivity index (χ0v) is 9.68. The lowest BCUT2D eigenvalue weighted by Gasteiger charge is -2.20. The predicted octanol–water partition coefficient (Wildman–Crippen LogP) is 2.05. The van der Waals surface area contributed by atoms with Crippen molar-refractivity contribution in [2.75, 3.05) is 19.8 Å². The molecule has 82 valence electrons. The van der Waals surface area contributed by atoms with E-state index in [0.29, 0.717) is 0 Å². The molecule has 2 nitrogen and oxygen atoms in total. The van der Waals surface area contributed by atoms with Gasteiger partial charge in [0.15, 0.2) is 0 Å². The Balaban J connectivity index is 1.66. The topological polar surface area (TPSA) is 21.3 Å². The maximum Gasteiger partial charge on any atom is 0.0497 e. The standard InChI is InChI=1S/C12H23NO/c1-12(2,3)13-7-10-6-11(10)9-4-5-14-8-9/h9-11,13H,4-8H2,1-3H3. The van der Waals surface area contributed by atoms with Crippen LogP contribution in [-0.4, -0.2) is 25.3 Å². The molecule has 2 heteroatoms. The van der Waals surface area contributed by atoms with Crippen LogP contribution in [0, 0.1) is 17.8 Å². The number of nitrogens with one attached hydrogen (secondary N) is 1. The molecular weight excluding hydrogens is 174 g/mol. The quantitative estimate of drug-likeness (QED) is 0.747. The summed E-state index contributed by atoms with van der Waals surface area (Å²) in [5.41, 5.74) is 0.277. The fraction of sp³-hybridized carbons (Fsp3) is 1.00. The third-order valence-corrected chi connectivity index (χ3v) is 3.44. The summed E-state index contributed by atoms with van der Waals surface area (Å²) in [6.45, 7) is 9.94. The molecule has 1 saturated heterocycles. The van der Waals surface area contributed by atoms with Gasteiger partial charge in [0, 0.05) is 18.8 Å². The SMILES string of the molecule is CC(C)(C)NCC1CC1C1CCOC1. The second-order valence-corrected chi connectivity index (χ2v) is 5.91. The molecule has 2 rings (SSSR count). The molecule has 0 aromatic carbocycles. The average molecular weight is 197 g/mol. The molecule has 2 fully saturated rings. The minimum Gasteiger partial charge on any atom is -0.381 e. The third-order valence-electron chi connectivity index (χ3n) is 3.44. The van der Waals surface area contributed by atoms with Gasteiger partial charge in [0.25, 0.3) is 0 Å². The fourth-order valence-corrected chi connectivity index (χ4v) is 2.41. The van der Waals surface area contributed by atoms with Gasteiger partial charge in [-0.2, -0.15) is 0 Å². The molecule has 0 aromatic rings. The van der Waals surface area contributed by atoms with Gasteiger partial charge in [-0.1, -0.05) is 0 Å². The van der Waals surface area contributed by atoms with Crippen LogP contribution in [0.15, 0.2) is 0 Å². The van der Waals surface area contributed by atoms with Crippen LogP contribution in [0.5, 0.6) is 0 Å². The first-order chi connectivity index (χ1) is 6.56. The predicted molar refractivity (Wildman–Crippen MR) is 58.3 cm³/mol. The number of hydrogen-bond donors (Lipinski definition) is 1. The second kappa shape index (κ2) is 3.82. The Bertz CT molecular complexity index is 191. The molecule has 0 aromatic heterocycles. The molecule has 1 N–H and O–H groups in total. The summed E-state index contributed by atoms with van der Waals surface area (Å²) in [6, 6.07) is 0. The molecule has 0 bridgehead atoms. The first-order valence-electron chi connectivity index (χ1n) is 5.89. The van der Waals surface area contributed by atoms with E-state index in [9.17, 15) is 0 Å². The zero-order valence-electron chi connectivity index (χ0n) is 9.68. The van der Waals surface area contributed by atoms with Crippen LogP contribution in [0.3, 0.4) is 0 Å². The minimum atomic E-state index is 0.277. The Morgan fingerprint density at radius 3 is 2.71 bits per heavy atom. The maximum atomic E-state index is 5.43. The lowest BCUT2D eigenvalue weighted by Crippen LogP contribution is -2.37. The zero-order chi connectivity index (χ0) is 10.2. The van der Waals surface area contributed by atoms with Gasteiger partial charge in [0.1, 0.15) is 0 Å². The molecule has 3 unspecified atom stereocenters. The van der Waals surface area contributed by atoms with Gasteiger partial charge in [-0.15, -0.1) is 0 Å². The fourth-order valence-electron chi connectivity index (χ4n) is 2.41. The highest BCUT2D eigenvalue weighted by atomic mass is 16.5. The molecule has 2 aliphatic rings. The summed E-state index contributed by atoms with van der Waals surface area (Å²) in [4.78, 5) is 0. The van der Waals surface area contributed by atoms with Gasteiger partial charge in [-0.05, 0) is 57.9 Å². The normalized spacial score (nSPS) is 37.5. The highest BCUT2D eigenvalue weighted by Crippen LogP contribution is 2.46. The summed E-state index contributed by atoms with van der Waals surface area (Å²) in [5, 5.41) is 3.60. The molecule has 14 heavy (non-hydrogen) atoms. The largest absolute Gasteiger partial charge is 0.381 e. The summed E-state index contributed by atoms with van der Waals surface area (Å²) in [7, 11) is 0. The van der Waals surface area contributed by atoms with E-state index in [1.807, 2.05) is 0 Å². The number of ether oxygens (including phenoxy) is 1. The summed E-state index contributed by atoms with van der Waals surface area (Å²) < 4.78 is 5.43. The molecule has 0 amide bonds. The lowest BCUT2D eigenvalue weighted by molar-refractivity contribution is 0.180. The van der Waals surface area contributed by atoms with Gasteiger partial charge in [-0.25, -0.2) is 0 Å². The van der Waals surface area contributed by atoms with Gasteiger partial charge >= 0.3 is 0 Å². The van der Waals surface area contributed by atoms with Crippen molar-refractivity contribution >= 4 is 0 Å². The van der Waals surface area contributed by atoms with Crippen LogP contribution < -0.4 is 5.32 Å². The van der Waals surface area contributed by atoms with E-state index in [4.69, 9.17) is 4.74 Å². The van der Waals surface area contributed by atoms with Crippen molar-refractivity contribution in [3.63, 3.8) is 0 Å². The number of rotatable bonds is 3. The Morgan fingerprint density at radius 1 is 1.36 bits per heavy atom. The summed E-state index contributed by atoms with van der Waals surface area (Å²) in [6.07, 6.45) is 2.73. The monoisotopic (exact) mass is 197 g/mol. The minimum absolute atomic E-state index is 0.277. The highest BCUT2D eigenvalue weighted by Gasteiger charge is 2.43. The van der Waals surface area contributed by atoms with Gasteiger partial charge in [0.05, 0.1) is 0 Å². The Labute approximate surface area is 87.4 Å². The van der Waals surface area contributed by atoms with Crippen LogP contribution in [0.4, 0.5) is 0 Å². The first kappa shape index (κ1) is 10.4. The van der Waals surface area contributed by atoms with Crippen molar-refractivity contribution in [1.82, 2.24) is 5.32 Å². The molecule has 1 aliphatic heterocycles. The lowest BCUT2D eigenvalue weighted by atomic mass is 10.0. The second-order valence-electron chi connectivity index (χ2n) is 5.91. The molecule has 3 atom stereocenters. The molecule has 0 spiro atoms. The van der Waals surface area contributed by atoms with Crippen molar-refractivity contribution in [3.8, 4) is 0 Å². The van der Waals surface area contributed by atoms with Crippen molar-refractivity contribution in [2.45, 2.75) is 39.2 Å². The van der Waals surface area contributed by atoms with Crippen LogP contribution in [0.1, 0.15) is 33.6 Å². The van der Waals surface area contributed by atoms with Crippen LogP contribution in [0.25, 0.3) is 0 Å².